The quantitative estimate of drug-likeness (QED) is 0.525. The molecule has 3 heterocycles. The standard InChI is InChI=1S/C27H44N6O4/c1-27(2,3)24(33-16-20(29-30-33)17-8-9-17)26(37)32-15-19(34)14-22(32)25(36)28-18-10-12-31(13-11-18)21-6-4-5-7-23(21)35/h16-19,21-24,34-35H,4-15H2,1-3H3,(H,28,36)/t19?,21?,22?,23?,24-/m0/s1. The van der Waals surface area contributed by atoms with Gasteiger partial charge in [-0.15, -0.1) is 5.10 Å². The van der Waals surface area contributed by atoms with E-state index in [1.807, 2.05) is 27.0 Å². The zero-order chi connectivity index (χ0) is 26.3. The Balaban J connectivity index is 1.23. The van der Waals surface area contributed by atoms with E-state index in [0.29, 0.717) is 5.92 Å². The van der Waals surface area contributed by atoms with Crippen molar-refractivity contribution in [1.82, 2.24) is 30.1 Å². The van der Waals surface area contributed by atoms with Gasteiger partial charge >= 0.3 is 0 Å². The predicted molar refractivity (Wildman–Crippen MR) is 138 cm³/mol. The lowest BCUT2D eigenvalue weighted by Gasteiger charge is -2.42. The number of aliphatic hydroxyl groups is 2. The lowest BCUT2D eigenvalue weighted by atomic mass is 9.85. The first-order valence-corrected chi connectivity index (χ1v) is 14.2. The number of aromatic nitrogens is 3. The summed E-state index contributed by atoms with van der Waals surface area (Å²) in [5.74, 6) is 0.0490. The van der Waals surface area contributed by atoms with Crippen LogP contribution in [0, 0.1) is 5.41 Å². The van der Waals surface area contributed by atoms with Gasteiger partial charge in [0, 0.05) is 50.3 Å². The van der Waals surface area contributed by atoms with E-state index in [9.17, 15) is 19.8 Å². The summed E-state index contributed by atoms with van der Waals surface area (Å²) in [5.41, 5.74) is 0.473. The van der Waals surface area contributed by atoms with Crippen LogP contribution in [0.2, 0.25) is 0 Å². The van der Waals surface area contributed by atoms with Crippen LogP contribution in [-0.4, -0.2) is 96.8 Å². The van der Waals surface area contributed by atoms with E-state index < -0.39 is 23.6 Å². The van der Waals surface area contributed by atoms with Gasteiger partial charge in [0.05, 0.1) is 17.9 Å². The summed E-state index contributed by atoms with van der Waals surface area (Å²) < 4.78 is 1.66. The van der Waals surface area contributed by atoms with Crippen molar-refractivity contribution in [2.45, 2.75) is 121 Å². The molecule has 10 heteroatoms. The minimum atomic E-state index is -0.729. The number of β-amino-alcohol motifs (C(OH)–C–C–N with tert-alkyl or cyclic N) is 1. The van der Waals surface area contributed by atoms with Gasteiger partial charge in [0.25, 0.3) is 0 Å². The molecule has 4 unspecified atom stereocenters. The second-order valence-electron chi connectivity index (χ2n) is 12.8. The van der Waals surface area contributed by atoms with E-state index >= 15 is 0 Å². The van der Waals surface area contributed by atoms with Crippen molar-refractivity contribution >= 4 is 11.8 Å². The minimum Gasteiger partial charge on any atom is -0.391 e. The molecule has 5 atom stereocenters. The van der Waals surface area contributed by atoms with Crippen LogP contribution in [0.4, 0.5) is 0 Å². The van der Waals surface area contributed by atoms with Gasteiger partial charge < -0.3 is 20.4 Å². The van der Waals surface area contributed by atoms with Gasteiger partial charge in [-0.1, -0.05) is 38.8 Å². The zero-order valence-corrected chi connectivity index (χ0v) is 22.6. The number of nitrogens with zero attached hydrogens (tertiary/aromatic N) is 5. The minimum absolute atomic E-state index is 0.0361. The Morgan fingerprint density at radius 3 is 2.41 bits per heavy atom. The lowest BCUT2D eigenvalue weighted by Crippen LogP contribution is -2.55. The second kappa shape index (κ2) is 10.6. The first-order valence-electron chi connectivity index (χ1n) is 14.2. The van der Waals surface area contributed by atoms with Gasteiger partial charge in [0.2, 0.25) is 11.8 Å². The summed E-state index contributed by atoms with van der Waals surface area (Å²) >= 11 is 0. The summed E-state index contributed by atoms with van der Waals surface area (Å²) in [7, 11) is 0. The Morgan fingerprint density at radius 1 is 1.05 bits per heavy atom. The first-order chi connectivity index (χ1) is 17.6. The molecule has 1 aromatic rings. The van der Waals surface area contributed by atoms with Crippen molar-refractivity contribution in [1.29, 1.82) is 0 Å². The number of likely N-dealkylation sites (tertiary alicyclic amines) is 2. The fourth-order valence-corrected chi connectivity index (χ4v) is 6.52. The molecule has 10 nitrogen and oxygen atoms in total. The van der Waals surface area contributed by atoms with Gasteiger partial charge in [-0.2, -0.15) is 0 Å². The molecule has 2 aliphatic heterocycles. The summed E-state index contributed by atoms with van der Waals surface area (Å²) in [6.07, 6.45) is 9.18. The number of hydrogen-bond acceptors (Lipinski definition) is 7. The number of hydrogen-bond donors (Lipinski definition) is 3. The second-order valence-corrected chi connectivity index (χ2v) is 12.8. The molecular weight excluding hydrogens is 472 g/mol. The van der Waals surface area contributed by atoms with Crippen molar-refractivity contribution in [2.24, 2.45) is 5.41 Å². The molecule has 37 heavy (non-hydrogen) atoms. The molecule has 5 rings (SSSR count). The van der Waals surface area contributed by atoms with Crippen LogP contribution in [0.15, 0.2) is 6.20 Å². The number of amides is 2. The van der Waals surface area contributed by atoms with E-state index in [0.717, 1.165) is 70.2 Å². The highest BCUT2D eigenvalue weighted by Gasteiger charge is 2.46. The van der Waals surface area contributed by atoms with Gasteiger partial charge in [-0.3, -0.25) is 14.5 Å². The molecule has 4 aliphatic rings. The largest absolute Gasteiger partial charge is 0.391 e. The Morgan fingerprint density at radius 2 is 1.76 bits per heavy atom. The fourth-order valence-electron chi connectivity index (χ4n) is 6.52. The molecule has 1 aromatic heterocycles. The van der Waals surface area contributed by atoms with E-state index in [4.69, 9.17) is 0 Å². The fraction of sp³-hybridized carbons (Fsp3) is 0.852. The highest BCUT2D eigenvalue weighted by Crippen LogP contribution is 2.40. The Bertz CT molecular complexity index is 964. The Kier molecular flexibility index (Phi) is 7.62. The van der Waals surface area contributed by atoms with E-state index in [2.05, 4.69) is 20.5 Å². The van der Waals surface area contributed by atoms with Crippen LogP contribution in [-0.2, 0) is 9.59 Å². The predicted octanol–water partition coefficient (Wildman–Crippen LogP) is 1.59. The number of piperidine rings is 1. The number of carbonyl (C=O) groups excluding carboxylic acids is 2. The SMILES string of the molecule is CC(C)(C)[C@H](C(=O)N1CC(O)CC1C(=O)NC1CCN(C2CCCCC2O)CC1)n1cc(C2CC2)nn1. The molecule has 2 aliphatic carbocycles. The van der Waals surface area contributed by atoms with Crippen LogP contribution in [0.1, 0.15) is 96.2 Å². The van der Waals surface area contributed by atoms with Crippen LogP contribution in [0.5, 0.6) is 0 Å². The van der Waals surface area contributed by atoms with E-state index in [1.165, 1.54) is 0 Å². The third-order valence-corrected chi connectivity index (χ3v) is 8.75. The van der Waals surface area contributed by atoms with Crippen molar-refractivity contribution < 1.29 is 19.8 Å². The summed E-state index contributed by atoms with van der Waals surface area (Å²) in [6.45, 7) is 7.83. The van der Waals surface area contributed by atoms with Crippen LogP contribution in [0.3, 0.4) is 0 Å². The first kappa shape index (κ1) is 26.6. The van der Waals surface area contributed by atoms with Gasteiger partial charge in [0.1, 0.15) is 12.1 Å². The van der Waals surface area contributed by atoms with Crippen LogP contribution in [0.25, 0.3) is 0 Å². The average Bonchev–Trinajstić information content (AvgIpc) is 3.46. The highest BCUT2D eigenvalue weighted by atomic mass is 16.3. The molecule has 0 spiro atoms. The summed E-state index contributed by atoms with van der Waals surface area (Å²) in [5, 5.41) is 32.7. The lowest BCUT2D eigenvalue weighted by molar-refractivity contribution is -0.144. The third kappa shape index (κ3) is 5.86. The van der Waals surface area contributed by atoms with Crippen molar-refractivity contribution in [3.05, 3.63) is 11.9 Å². The van der Waals surface area contributed by atoms with Crippen LogP contribution >= 0.6 is 0 Å². The molecule has 2 saturated carbocycles. The number of aliphatic hydroxyl groups excluding tert-OH is 2. The Hall–Kier alpha value is -2.04. The maximum atomic E-state index is 13.9. The molecule has 4 fully saturated rings. The molecule has 0 radical (unpaired) electrons. The zero-order valence-electron chi connectivity index (χ0n) is 22.6. The monoisotopic (exact) mass is 516 g/mol. The molecule has 0 bridgehead atoms. The van der Waals surface area contributed by atoms with E-state index in [1.54, 1.807) is 9.58 Å². The van der Waals surface area contributed by atoms with Gasteiger partial charge in [-0.25, -0.2) is 4.68 Å². The maximum Gasteiger partial charge on any atom is 0.248 e. The van der Waals surface area contributed by atoms with Crippen molar-refractivity contribution in [3.63, 3.8) is 0 Å². The van der Waals surface area contributed by atoms with Gasteiger partial charge in [0.15, 0.2) is 0 Å². The molecular formula is C27H44N6O4. The normalized spacial score (nSPS) is 30.9. The topological polar surface area (TPSA) is 124 Å². The average molecular weight is 517 g/mol. The molecule has 0 aromatic carbocycles. The third-order valence-electron chi connectivity index (χ3n) is 8.75. The molecule has 2 amide bonds. The molecule has 2 saturated heterocycles. The molecule has 3 N–H and O–H groups in total. The summed E-state index contributed by atoms with van der Waals surface area (Å²) in [4.78, 5) is 31.3. The van der Waals surface area contributed by atoms with Crippen LogP contribution < -0.4 is 5.32 Å². The number of nitrogens with one attached hydrogen (secondary N) is 1. The maximum absolute atomic E-state index is 13.9. The Labute approximate surface area is 219 Å². The highest BCUT2D eigenvalue weighted by molar-refractivity contribution is 5.90. The molecule has 206 valence electrons. The summed E-state index contributed by atoms with van der Waals surface area (Å²) in [6, 6.07) is -1.04. The van der Waals surface area contributed by atoms with Gasteiger partial charge in [-0.05, 0) is 43.9 Å². The van der Waals surface area contributed by atoms with Crippen molar-refractivity contribution in [3.8, 4) is 0 Å². The number of rotatable bonds is 6. The van der Waals surface area contributed by atoms with E-state index in [-0.39, 0.29) is 43.0 Å². The number of carbonyl (C=O) groups is 2. The van der Waals surface area contributed by atoms with Crippen molar-refractivity contribution in [2.75, 3.05) is 19.6 Å². The smallest absolute Gasteiger partial charge is 0.248 e.